The lowest BCUT2D eigenvalue weighted by atomic mass is 9.92. The van der Waals surface area contributed by atoms with Gasteiger partial charge >= 0.3 is 0 Å². The van der Waals surface area contributed by atoms with Gasteiger partial charge in [0.05, 0.1) is 11.4 Å². The van der Waals surface area contributed by atoms with Gasteiger partial charge in [0, 0.05) is 16.9 Å². The van der Waals surface area contributed by atoms with Crippen molar-refractivity contribution >= 4 is 22.8 Å². The highest BCUT2D eigenvalue weighted by Gasteiger charge is 2.18. The Morgan fingerprint density at radius 2 is 0.927 bits per heavy atom. The fraction of sp³-hybridized carbons (Fsp3) is 0.308. The monoisotopic (exact) mass is 542 g/mol. The number of allylic oxidation sites excluding steroid dienone is 1. The molecule has 4 rings (SSSR count). The summed E-state index contributed by atoms with van der Waals surface area (Å²) in [6.07, 6.45) is 2.24. The fourth-order valence-electron chi connectivity index (χ4n) is 5.33. The topological polar surface area (TPSA) is 24.4 Å². The second-order valence-electron chi connectivity index (χ2n) is 12.1. The lowest BCUT2D eigenvalue weighted by Crippen LogP contribution is -2.09. The molecule has 0 aromatic heterocycles. The first-order valence-corrected chi connectivity index (χ1v) is 15.1. The van der Waals surface area contributed by atoms with Crippen molar-refractivity contribution in [1.29, 1.82) is 0 Å². The molecule has 0 unspecified atom stereocenters. The van der Waals surface area contributed by atoms with Crippen molar-refractivity contribution in [1.82, 2.24) is 0 Å². The molecule has 0 radical (unpaired) electrons. The van der Waals surface area contributed by atoms with Gasteiger partial charge in [-0.1, -0.05) is 152 Å². The zero-order valence-electron chi connectivity index (χ0n) is 26.1. The molecule has 0 amide bonds. The van der Waals surface area contributed by atoms with E-state index in [1.54, 1.807) is 0 Å². The lowest BCUT2D eigenvalue weighted by molar-refractivity contribution is 0.835. The van der Waals surface area contributed by atoms with Gasteiger partial charge < -0.3 is 5.32 Å². The standard InChI is InChI=1S/C39H46N2/c1-26(2)32-21-15-22-33(27(3)4)38(32)40-36(30-17-11-9-12-18-30)25-37(31-19-13-10-14-20-31)41-39-34(28(5)6)23-16-24-35(39)29(7)8/h9-29,40H,1-8H3/b36-25-,41-37?. The molecule has 0 fully saturated rings. The molecule has 2 heteroatoms. The van der Waals surface area contributed by atoms with Crippen molar-refractivity contribution in [2.24, 2.45) is 4.99 Å². The highest BCUT2D eigenvalue weighted by molar-refractivity contribution is 6.14. The van der Waals surface area contributed by atoms with E-state index in [4.69, 9.17) is 4.99 Å². The van der Waals surface area contributed by atoms with E-state index >= 15 is 0 Å². The lowest BCUT2D eigenvalue weighted by Gasteiger charge is -2.23. The van der Waals surface area contributed by atoms with Crippen molar-refractivity contribution in [3.05, 3.63) is 137 Å². The van der Waals surface area contributed by atoms with Crippen LogP contribution in [-0.4, -0.2) is 5.71 Å². The molecule has 1 N–H and O–H groups in total. The summed E-state index contributed by atoms with van der Waals surface area (Å²) in [5.74, 6) is 1.52. The molecule has 0 spiro atoms. The zero-order valence-corrected chi connectivity index (χ0v) is 26.1. The summed E-state index contributed by atoms with van der Waals surface area (Å²) >= 11 is 0. The molecular formula is C39H46N2. The number of rotatable bonds is 10. The third kappa shape index (κ3) is 7.24. The van der Waals surface area contributed by atoms with Gasteiger partial charge in [0.15, 0.2) is 0 Å². The van der Waals surface area contributed by atoms with Crippen LogP contribution in [0, 0.1) is 0 Å². The van der Waals surface area contributed by atoms with Crippen LogP contribution in [0.4, 0.5) is 11.4 Å². The molecule has 0 aliphatic heterocycles. The highest BCUT2D eigenvalue weighted by Crippen LogP contribution is 2.37. The van der Waals surface area contributed by atoms with E-state index in [9.17, 15) is 0 Å². The Balaban J connectivity index is 2.01. The molecule has 2 nitrogen and oxygen atoms in total. The Labute approximate surface area is 248 Å². The Kier molecular flexibility index (Phi) is 10.00. The van der Waals surface area contributed by atoms with E-state index in [1.807, 2.05) is 0 Å². The van der Waals surface area contributed by atoms with Gasteiger partial charge in [0.25, 0.3) is 0 Å². The number of hydrogen-bond donors (Lipinski definition) is 1. The zero-order chi connectivity index (χ0) is 29.5. The Bertz CT molecular complexity index is 1440. The number of nitrogens with zero attached hydrogens (tertiary/aromatic N) is 1. The van der Waals surface area contributed by atoms with Gasteiger partial charge in [-0.25, -0.2) is 4.99 Å². The minimum atomic E-state index is 0.367. The van der Waals surface area contributed by atoms with Crippen LogP contribution in [0.5, 0.6) is 0 Å². The summed E-state index contributed by atoms with van der Waals surface area (Å²) in [5, 5.41) is 3.94. The average Bonchev–Trinajstić information content (AvgIpc) is 2.96. The van der Waals surface area contributed by atoms with Gasteiger partial charge in [-0.15, -0.1) is 0 Å². The van der Waals surface area contributed by atoms with Gasteiger partial charge in [0.1, 0.15) is 0 Å². The third-order valence-electron chi connectivity index (χ3n) is 7.64. The second-order valence-corrected chi connectivity index (χ2v) is 12.1. The predicted molar refractivity (Wildman–Crippen MR) is 180 cm³/mol. The van der Waals surface area contributed by atoms with E-state index in [1.165, 1.54) is 27.9 Å². The Morgan fingerprint density at radius 3 is 1.37 bits per heavy atom. The first kappa shape index (κ1) is 30.1. The molecule has 4 aromatic rings. The van der Waals surface area contributed by atoms with Crippen LogP contribution in [-0.2, 0) is 0 Å². The minimum absolute atomic E-state index is 0.367. The van der Waals surface area contributed by atoms with E-state index in [2.05, 4.69) is 164 Å². The minimum Gasteiger partial charge on any atom is -0.355 e. The van der Waals surface area contributed by atoms with Gasteiger partial charge in [-0.05, 0) is 57.6 Å². The van der Waals surface area contributed by atoms with Crippen molar-refractivity contribution < 1.29 is 0 Å². The predicted octanol–water partition coefficient (Wildman–Crippen LogP) is 11.5. The number of para-hydroxylation sites is 2. The molecule has 0 aliphatic carbocycles. The van der Waals surface area contributed by atoms with Crippen LogP contribution >= 0.6 is 0 Å². The van der Waals surface area contributed by atoms with Crippen LogP contribution in [0.1, 0.15) is 112 Å². The fourth-order valence-corrected chi connectivity index (χ4v) is 5.33. The molecule has 0 aliphatic rings. The molecule has 0 saturated carbocycles. The maximum atomic E-state index is 5.49. The van der Waals surface area contributed by atoms with E-state index in [0.717, 1.165) is 28.2 Å². The molecule has 0 atom stereocenters. The first-order chi connectivity index (χ1) is 19.7. The van der Waals surface area contributed by atoms with Crippen molar-refractivity contribution in [3.8, 4) is 0 Å². The first-order valence-electron chi connectivity index (χ1n) is 15.1. The van der Waals surface area contributed by atoms with Gasteiger partial charge in [0.2, 0.25) is 0 Å². The third-order valence-corrected chi connectivity index (χ3v) is 7.64. The van der Waals surface area contributed by atoms with E-state index in [-0.39, 0.29) is 0 Å². The normalized spacial score (nSPS) is 12.6. The van der Waals surface area contributed by atoms with Crippen molar-refractivity contribution in [3.63, 3.8) is 0 Å². The summed E-state index contributed by atoms with van der Waals surface area (Å²) in [4.78, 5) is 5.49. The number of hydrogen-bond acceptors (Lipinski definition) is 2. The Hall–Kier alpha value is -3.91. The average molecular weight is 543 g/mol. The SMILES string of the molecule is CC(C)c1cccc(C(C)C)c1N=C(/C=C(\Nc1c(C(C)C)cccc1C(C)C)c1ccccc1)c1ccccc1. The maximum Gasteiger partial charge on any atom is 0.0730 e. The quantitative estimate of drug-likeness (QED) is 0.198. The molecular weight excluding hydrogens is 496 g/mol. The number of benzene rings is 4. The summed E-state index contributed by atoms with van der Waals surface area (Å²) in [6.45, 7) is 18.1. The number of anilines is 1. The largest absolute Gasteiger partial charge is 0.355 e. The smallest absolute Gasteiger partial charge is 0.0730 e. The van der Waals surface area contributed by atoms with Crippen LogP contribution in [0.15, 0.2) is 108 Å². The Morgan fingerprint density at radius 1 is 0.512 bits per heavy atom. The van der Waals surface area contributed by atoms with Gasteiger partial charge in [-0.3, -0.25) is 0 Å². The van der Waals surface area contributed by atoms with Crippen LogP contribution in [0.3, 0.4) is 0 Å². The van der Waals surface area contributed by atoms with Gasteiger partial charge in [-0.2, -0.15) is 0 Å². The maximum absolute atomic E-state index is 5.49. The van der Waals surface area contributed by atoms with E-state index in [0.29, 0.717) is 23.7 Å². The summed E-state index contributed by atoms with van der Waals surface area (Å²) in [5.41, 5.74) is 11.7. The highest BCUT2D eigenvalue weighted by atomic mass is 14.9. The molecule has 212 valence electrons. The van der Waals surface area contributed by atoms with Crippen LogP contribution in [0.25, 0.3) is 5.70 Å². The molecule has 0 saturated heterocycles. The molecule has 0 bridgehead atoms. The summed E-state index contributed by atoms with van der Waals surface area (Å²) < 4.78 is 0. The van der Waals surface area contributed by atoms with Crippen molar-refractivity contribution in [2.45, 2.75) is 79.1 Å². The van der Waals surface area contributed by atoms with Crippen molar-refractivity contribution in [2.75, 3.05) is 5.32 Å². The summed E-state index contributed by atoms with van der Waals surface area (Å²) in [7, 11) is 0. The number of aliphatic imine (C=N–C) groups is 1. The van der Waals surface area contributed by atoms with E-state index < -0.39 is 0 Å². The number of nitrogens with one attached hydrogen (secondary N) is 1. The second kappa shape index (κ2) is 13.6. The van der Waals surface area contributed by atoms with Crippen LogP contribution < -0.4 is 5.32 Å². The molecule has 41 heavy (non-hydrogen) atoms. The molecule has 0 heterocycles. The van der Waals surface area contributed by atoms with Crippen LogP contribution in [0.2, 0.25) is 0 Å². The summed E-state index contributed by atoms with van der Waals surface area (Å²) in [6, 6.07) is 34.5. The molecule has 4 aromatic carbocycles.